The second kappa shape index (κ2) is 10.9. The van der Waals surface area contributed by atoms with Crippen LogP contribution in [0.25, 0.3) is 34.1 Å². The fraction of sp³-hybridized carbons (Fsp3) is 0.387. The summed E-state index contributed by atoms with van der Waals surface area (Å²) in [4.78, 5) is 31.7. The summed E-state index contributed by atoms with van der Waals surface area (Å²) in [5.41, 5.74) is 4.33. The SMILES string of the molecule is CC1CCC(Cn2c(N3CCOCC3c3ccccc3)nc3nc(-c4noc(=O)[nH]4)nc(-c4ccccc4)c32)CC1. The first kappa shape index (κ1) is 25.6. The third kappa shape index (κ3) is 5.04. The molecule has 5 aromatic rings. The Balaban J connectivity index is 1.44. The summed E-state index contributed by atoms with van der Waals surface area (Å²) >= 11 is 0. The average molecular weight is 552 g/mol. The fourth-order valence-corrected chi connectivity index (χ4v) is 6.21. The minimum atomic E-state index is -0.651. The first-order valence-corrected chi connectivity index (χ1v) is 14.4. The number of aromatic amines is 1. The summed E-state index contributed by atoms with van der Waals surface area (Å²) < 4.78 is 13.1. The van der Waals surface area contributed by atoms with Gasteiger partial charge in [-0.15, -0.1) is 0 Å². The van der Waals surface area contributed by atoms with Gasteiger partial charge in [-0.25, -0.2) is 14.8 Å². The van der Waals surface area contributed by atoms with Crippen molar-refractivity contribution in [3.63, 3.8) is 0 Å². The van der Waals surface area contributed by atoms with Crippen molar-refractivity contribution in [3.05, 3.63) is 76.8 Å². The van der Waals surface area contributed by atoms with Crippen molar-refractivity contribution < 1.29 is 9.26 Å². The van der Waals surface area contributed by atoms with Gasteiger partial charge in [0.15, 0.2) is 5.65 Å². The summed E-state index contributed by atoms with van der Waals surface area (Å²) in [6.45, 7) is 5.10. The molecule has 0 bridgehead atoms. The number of benzene rings is 2. The van der Waals surface area contributed by atoms with Crippen LogP contribution < -0.4 is 10.7 Å². The highest BCUT2D eigenvalue weighted by atomic mass is 16.5. The van der Waals surface area contributed by atoms with E-state index in [2.05, 4.69) is 50.8 Å². The van der Waals surface area contributed by atoms with Crippen molar-refractivity contribution in [2.24, 2.45) is 11.8 Å². The smallest absolute Gasteiger partial charge is 0.377 e. The molecule has 1 N–H and O–H groups in total. The van der Waals surface area contributed by atoms with Gasteiger partial charge < -0.3 is 14.2 Å². The molecule has 1 aliphatic carbocycles. The molecule has 1 atom stereocenters. The van der Waals surface area contributed by atoms with E-state index >= 15 is 0 Å². The number of hydrogen-bond acceptors (Lipinski definition) is 8. The summed E-state index contributed by atoms with van der Waals surface area (Å²) in [7, 11) is 0. The van der Waals surface area contributed by atoms with E-state index in [1.54, 1.807) is 0 Å². The maximum absolute atomic E-state index is 11.8. The van der Waals surface area contributed by atoms with Gasteiger partial charge in [0.2, 0.25) is 17.6 Å². The number of rotatable bonds is 6. The zero-order valence-electron chi connectivity index (χ0n) is 23.1. The van der Waals surface area contributed by atoms with Crippen molar-refractivity contribution in [2.75, 3.05) is 24.7 Å². The number of anilines is 1. The lowest BCUT2D eigenvalue weighted by molar-refractivity contribution is 0.0927. The lowest BCUT2D eigenvalue weighted by Crippen LogP contribution is -2.41. The Morgan fingerprint density at radius 3 is 2.44 bits per heavy atom. The second-order valence-electron chi connectivity index (χ2n) is 11.2. The summed E-state index contributed by atoms with van der Waals surface area (Å²) in [5.74, 6) is 1.97. The largest absolute Gasteiger partial charge is 0.439 e. The zero-order valence-corrected chi connectivity index (χ0v) is 23.1. The van der Waals surface area contributed by atoms with Crippen molar-refractivity contribution in [1.29, 1.82) is 0 Å². The molecule has 2 fully saturated rings. The topological polar surface area (TPSA) is 115 Å². The number of imidazole rings is 1. The van der Waals surface area contributed by atoms with Crippen LogP contribution in [-0.2, 0) is 11.3 Å². The highest BCUT2D eigenvalue weighted by Gasteiger charge is 2.32. The number of ether oxygens (including phenoxy) is 1. The van der Waals surface area contributed by atoms with Gasteiger partial charge in [0.1, 0.15) is 11.2 Å². The molecule has 3 aromatic heterocycles. The summed E-state index contributed by atoms with van der Waals surface area (Å²) in [5, 5.41) is 3.87. The molecule has 1 unspecified atom stereocenters. The van der Waals surface area contributed by atoms with Gasteiger partial charge in [0, 0.05) is 18.7 Å². The molecule has 4 heterocycles. The maximum Gasteiger partial charge on any atom is 0.439 e. The fourth-order valence-electron chi connectivity index (χ4n) is 6.21. The van der Waals surface area contributed by atoms with Crippen LogP contribution in [0.15, 0.2) is 70.0 Å². The quantitative estimate of drug-likeness (QED) is 0.305. The van der Waals surface area contributed by atoms with E-state index < -0.39 is 5.76 Å². The van der Waals surface area contributed by atoms with Crippen LogP contribution in [0.5, 0.6) is 0 Å². The van der Waals surface area contributed by atoms with E-state index in [1.807, 2.05) is 36.4 Å². The number of morpholine rings is 1. The Kier molecular flexibility index (Phi) is 6.84. The Hall–Kier alpha value is -4.31. The van der Waals surface area contributed by atoms with Crippen molar-refractivity contribution in [3.8, 4) is 22.9 Å². The normalized spacial score (nSPS) is 21.4. The van der Waals surface area contributed by atoms with E-state index in [1.165, 1.54) is 31.2 Å². The number of H-pyrrole nitrogens is 1. The average Bonchev–Trinajstić information content (AvgIpc) is 3.62. The molecular formula is C31H33N7O3. The van der Waals surface area contributed by atoms with E-state index in [4.69, 9.17) is 24.2 Å². The van der Waals surface area contributed by atoms with E-state index in [-0.39, 0.29) is 17.7 Å². The van der Waals surface area contributed by atoms with Crippen LogP contribution in [0.3, 0.4) is 0 Å². The number of aromatic nitrogens is 6. The van der Waals surface area contributed by atoms with Crippen LogP contribution in [0, 0.1) is 11.8 Å². The maximum atomic E-state index is 11.8. The molecule has 0 spiro atoms. The van der Waals surface area contributed by atoms with Crippen molar-refractivity contribution in [1.82, 2.24) is 29.7 Å². The molecule has 2 aromatic carbocycles. The van der Waals surface area contributed by atoms with Crippen LogP contribution in [0.2, 0.25) is 0 Å². The number of nitrogens with zero attached hydrogens (tertiary/aromatic N) is 6. The van der Waals surface area contributed by atoms with Crippen LogP contribution in [0.1, 0.15) is 44.2 Å². The molecule has 41 heavy (non-hydrogen) atoms. The molecule has 10 heteroatoms. The molecule has 1 aliphatic heterocycles. The molecule has 1 saturated heterocycles. The van der Waals surface area contributed by atoms with Crippen molar-refractivity contribution >= 4 is 17.1 Å². The van der Waals surface area contributed by atoms with Gasteiger partial charge in [0.05, 0.1) is 19.3 Å². The molecule has 0 radical (unpaired) electrons. The van der Waals surface area contributed by atoms with Crippen LogP contribution in [-0.4, -0.2) is 49.4 Å². The highest BCUT2D eigenvalue weighted by Crippen LogP contribution is 2.38. The van der Waals surface area contributed by atoms with Crippen molar-refractivity contribution in [2.45, 2.75) is 45.2 Å². The van der Waals surface area contributed by atoms with Gasteiger partial charge in [-0.05, 0) is 30.2 Å². The van der Waals surface area contributed by atoms with Crippen LogP contribution >= 0.6 is 0 Å². The molecule has 210 valence electrons. The lowest BCUT2D eigenvalue weighted by Gasteiger charge is -2.37. The van der Waals surface area contributed by atoms with Gasteiger partial charge in [0.25, 0.3) is 0 Å². The van der Waals surface area contributed by atoms with Gasteiger partial charge >= 0.3 is 5.76 Å². The predicted molar refractivity (Wildman–Crippen MR) is 155 cm³/mol. The first-order valence-electron chi connectivity index (χ1n) is 14.4. The molecular weight excluding hydrogens is 518 g/mol. The zero-order chi connectivity index (χ0) is 27.8. The first-order chi connectivity index (χ1) is 20.1. The Bertz CT molecular complexity index is 1690. The number of hydrogen-bond donors (Lipinski definition) is 1. The van der Waals surface area contributed by atoms with E-state index in [0.29, 0.717) is 31.3 Å². The molecule has 10 nitrogen and oxygen atoms in total. The summed E-state index contributed by atoms with van der Waals surface area (Å²) in [6, 6.07) is 20.6. The molecule has 7 rings (SSSR count). The minimum Gasteiger partial charge on any atom is -0.377 e. The highest BCUT2D eigenvalue weighted by molar-refractivity contribution is 5.91. The third-order valence-electron chi connectivity index (χ3n) is 8.43. The third-order valence-corrected chi connectivity index (χ3v) is 8.43. The lowest BCUT2D eigenvalue weighted by atomic mass is 9.83. The Labute approximate surface area is 237 Å². The molecule has 1 saturated carbocycles. The van der Waals surface area contributed by atoms with Gasteiger partial charge in [-0.1, -0.05) is 85.6 Å². The number of fused-ring (bicyclic) bond motifs is 1. The van der Waals surface area contributed by atoms with Crippen LogP contribution in [0.4, 0.5) is 5.95 Å². The molecule has 0 amide bonds. The van der Waals surface area contributed by atoms with Gasteiger partial charge in [-0.2, -0.15) is 4.98 Å². The Morgan fingerprint density at radius 2 is 1.71 bits per heavy atom. The Morgan fingerprint density at radius 1 is 0.951 bits per heavy atom. The predicted octanol–water partition coefficient (Wildman–Crippen LogP) is 5.24. The summed E-state index contributed by atoms with van der Waals surface area (Å²) in [6.07, 6.45) is 4.85. The standard InChI is InChI=1S/C31H33N7O3/c1-20-12-14-21(15-13-20)18-38-26-25(23-10-6-3-7-11-23)32-28(29-35-31(39)41-36-29)33-27(26)34-30(38)37-16-17-40-19-24(37)22-8-4-2-5-9-22/h2-11,20-21,24H,12-19H2,1H3,(H,35,36,39). The monoisotopic (exact) mass is 551 g/mol. The van der Waals surface area contributed by atoms with Gasteiger partial charge in [-0.3, -0.25) is 9.51 Å². The second-order valence-corrected chi connectivity index (χ2v) is 11.2. The minimum absolute atomic E-state index is 0.0198. The molecule has 2 aliphatic rings. The van der Waals surface area contributed by atoms with E-state index in [0.717, 1.165) is 35.2 Å². The number of nitrogens with one attached hydrogen (secondary N) is 1. The van der Waals surface area contributed by atoms with E-state index in [9.17, 15) is 4.79 Å².